The van der Waals surface area contributed by atoms with Crippen molar-refractivity contribution >= 4 is 11.8 Å². The van der Waals surface area contributed by atoms with E-state index in [0.29, 0.717) is 5.54 Å². The van der Waals surface area contributed by atoms with Gasteiger partial charge in [0.15, 0.2) is 0 Å². The molecule has 2 aliphatic heterocycles. The molecule has 2 unspecified atom stereocenters. The molecule has 2 aliphatic rings. The summed E-state index contributed by atoms with van der Waals surface area (Å²) in [7, 11) is 0. The molecule has 0 saturated carbocycles. The van der Waals surface area contributed by atoms with Crippen LogP contribution in [-0.2, 0) is 0 Å². The van der Waals surface area contributed by atoms with E-state index in [-0.39, 0.29) is 0 Å². The highest BCUT2D eigenvalue weighted by molar-refractivity contribution is 7.99. The Hall–Kier alpha value is 0.310. The molecule has 2 saturated heterocycles. The molecular formula is C11H21NS. The predicted molar refractivity (Wildman–Crippen MR) is 60.3 cm³/mol. The van der Waals surface area contributed by atoms with Gasteiger partial charge in [-0.05, 0) is 56.1 Å². The van der Waals surface area contributed by atoms with Crippen molar-refractivity contribution in [2.75, 3.05) is 18.1 Å². The molecule has 2 atom stereocenters. The van der Waals surface area contributed by atoms with Gasteiger partial charge in [0.2, 0.25) is 0 Å². The van der Waals surface area contributed by atoms with E-state index in [1.54, 1.807) is 0 Å². The van der Waals surface area contributed by atoms with Gasteiger partial charge < -0.3 is 5.32 Å². The highest BCUT2D eigenvalue weighted by atomic mass is 32.2. The molecule has 1 N–H and O–H groups in total. The monoisotopic (exact) mass is 199 g/mol. The Bertz CT molecular complexity index is 157. The Balaban J connectivity index is 1.88. The smallest absolute Gasteiger partial charge is 0.0182 e. The van der Waals surface area contributed by atoms with Gasteiger partial charge in [-0.25, -0.2) is 0 Å². The first kappa shape index (κ1) is 9.85. The topological polar surface area (TPSA) is 12.0 Å². The second-order valence-electron chi connectivity index (χ2n) is 4.60. The second-order valence-corrected chi connectivity index (χ2v) is 5.75. The van der Waals surface area contributed by atoms with Crippen LogP contribution in [0.4, 0.5) is 0 Å². The largest absolute Gasteiger partial charge is 0.311 e. The molecule has 0 aromatic rings. The van der Waals surface area contributed by atoms with E-state index < -0.39 is 0 Å². The van der Waals surface area contributed by atoms with Crippen molar-refractivity contribution in [1.82, 2.24) is 5.32 Å². The molecule has 0 aromatic heterocycles. The molecule has 2 heteroatoms. The molecule has 1 nitrogen and oxygen atoms in total. The summed E-state index contributed by atoms with van der Waals surface area (Å²) in [6.07, 6.45) is 7.05. The van der Waals surface area contributed by atoms with Gasteiger partial charge in [-0.3, -0.25) is 0 Å². The average molecular weight is 199 g/mol. The van der Waals surface area contributed by atoms with Crippen LogP contribution in [0.2, 0.25) is 0 Å². The van der Waals surface area contributed by atoms with Crippen LogP contribution in [0.5, 0.6) is 0 Å². The summed E-state index contributed by atoms with van der Waals surface area (Å²) >= 11 is 2.15. The van der Waals surface area contributed by atoms with Crippen molar-refractivity contribution in [1.29, 1.82) is 0 Å². The summed E-state index contributed by atoms with van der Waals surface area (Å²) in [4.78, 5) is 0. The lowest BCUT2D eigenvalue weighted by atomic mass is 9.84. The van der Waals surface area contributed by atoms with Gasteiger partial charge in [-0.15, -0.1) is 0 Å². The van der Waals surface area contributed by atoms with Crippen molar-refractivity contribution in [3.05, 3.63) is 0 Å². The number of hydrogen-bond acceptors (Lipinski definition) is 2. The molecule has 0 radical (unpaired) electrons. The van der Waals surface area contributed by atoms with E-state index >= 15 is 0 Å². The molecular weight excluding hydrogens is 178 g/mol. The summed E-state index contributed by atoms with van der Waals surface area (Å²) in [5.74, 6) is 3.84. The van der Waals surface area contributed by atoms with Gasteiger partial charge in [0.25, 0.3) is 0 Å². The fourth-order valence-corrected chi connectivity index (χ4v) is 4.07. The molecule has 2 heterocycles. The molecule has 0 aromatic carbocycles. The van der Waals surface area contributed by atoms with Crippen LogP contribution in [0.15, 0.2) is 0 Å². The van der Waals surface area contributed by atoms with Crippen LogP contribution in [-0.4, -0.2) is 23.6 Å². The predicted octanol–water partition coefficient (Wildman–Crippen LogP) is 2.66. The SMILES string of the molecule is CCC1(CC2CCSC2)CCCN1. The molecule has 2 fully saturated rings. The van der Waals surface area contributed by atoms with E-state index in [1.807, 2.05) is 0 Å². The number of rotatable bonds is 3. The van der Waals surface area contributed by atoms with Gasteiger partial charge in [-0.2, -0.15) is 11.8 Å². The minimum atomic E-state index is 0.537. The third kappa shape index (κ3) is 2.21. The average Bonchev–Trinajstić information content (AvgIpc) is 2.77. The Morgan fingerprint density at radius 1 is 1.54 bits per heavy atom. The molecule has 0 amide bonds. The fraction of sp³-hybridized carbons (Fsp3) is 1.00. The summed E-state index contributed by atoms with van der Waals surface area (Å²) in [5.41, 5.74) is 0.537. The van der Waals surface area contributed by atoms with E-state index in [1.165, 1.54) is 50.2 Å². The van der Waals surface area contributed by atoms with Crippen molar-refractivity contribution in [3.63, 3.8) is 0 Å². The molecule has 13 heavy (non-hydrogen) atoms. The summed E-state index contributed by atoms with van der Waals surface area (Å²) in [6.45, 7) is 3.61. The van der Waals surface area contributed by atoms with Gasteiger partial charge in [-0.1, -0.05) is 6.92 Å². The van der Waals surface area contributed by atoms with E-state index in [9.17, 15) is 0 Å². The lowest BCUT2D eigenvalue weighted by molar-refractivity contribution is 0.287. The zero-order chi connectivity index (χ0) is 9.15. The lowest BCUT2D eigenvalue weighted by Crippen LogP contribution is -2.40. The standard InChI is InChI=1S/C11H21NS/c1-2-11(5-3-6-12-11)8-10-4-7-13-9-10/h10,12H,2-9H2,1H3. The minimum Gasteiger partial charge on any atom is -0.311 e. The maximum Gasteiger partial charge on any atom is 0.0182 e. The lowest BCUT2D eigenvalue weighted by Gasteiger charge is -2.30. The Kier molecular flexibility index (Phi) is 3.20. The third-order valence-electron chi connectivity index (χ3n) is 3.71. The van der Waals surface area contributed by atoms with Crippen LogP contribution in [0, 0.1) is 5.92 Å². The minimum absolute atomic E-state index is 0.537. The maximum atomic E-state index is 3.74. The van der Waals surface area contributed by atoms with Gasteiger partial charge in [0.05, 0.1) is 0 Å². The van der Waals surface area contributed by atoms with Crippen LogP contribution < -0.4 is 5.32 Å². The van der Waals surface area contributed by atoms with Gasteiger partial charge in [0, 0.05) is 5.54 Å². The Morgan fingerprint density at radius 2 is 2.46 bits per heavy atom. The van der Waals surface area contributed by atoms with Crippen LogP contribution >= 0.6 is 11.8 Å². The van der Waals surface area contributed by atoms with Crippen LogP contribution in [0.1, 0.15) is 39.0 Å². The van der Waals surface area contributed by atoms with Crippen molar-refractivity contribution in [2.24, 2.45) is 5.92 Å². The first-order chi connectivity index (χ1) is 6.35. The highest BCUT2D eigenvalue weighted by Crippen LogP contribution is 2.35. The van der Waals surface area contributed by atoms with Crippen LogP contribution in [0.3, 0.4) is 0 Å². The second kappa shape index (κ2) is 4.22. The maximum absolute atomic E-state index is 3.74. The number of thioether (sulfide) groups is 1. The van der Waals surface area contributed by atoms with E-state index in [2.05, 4.69) is 24.0 Å². The zero-order valence-corrected chi connectivity index (χ0v) is 9.46. The Morgan fingerprint density at radius 3 is 3.00 bits per heavy atom. The van der Waals surface area contributed by atoms with Crippen molar-refractivity contribution in [3.8, 4) is 0 Å². The van der Waals surface area contributed by atoms with E-state index in [4.69, 9.17) is 0 Å². The summed E-state index contributed by atoms with van der Waals surface area (Å²) in [6, 6.07) is 0. The normalized spacial score (nSPS) is 39.9. The summed E-state index contributed by atoms with van der Waals surface area (Å²) in [5, 5.41) is 3.74. The summed E-state index contributed by atoms with van der Waals surface area (Å²) < 4.78 is 0. The number of nitrogens with one attached hydrogen (secondary N) is 1. The molecule has 76 valence electrons. The highest BCUT2D eigenvalue weighted by Gasteiger charge is 2.34. The third-order valence-corrected chi connectivity index (χ3v) is 4.94. The molecule has 0 aliphatic carbocycles. The van der Waals surface area contributed by atoms with Crippen LogP contribution in [0.25, 0.3) is 0 Å². The zero-order valence-electron chi connectivity index (χ0n) is 8.64. The fourth-order valence-electron chi connectivity index (χ4n) is 2.79. The molecule has 0 spiro atoms. The van der Waals surface area contributed by atoms with Gasteiger partial charge >= 0.3 is 0 Å². The number of hydrogen-bond donors (Lipinski definition) is 1. The quantitative estimate of drug-likeness (QED) is 0.750. The molecule has 0 bridgehead atoms. The first-order valence-corrected chi connectivity index (χ1v) is 6.83. The first-order valence-electron chi connectivity index (χ1n) is 5.67. The van der Waals surface area contributed by atoms with Gasteiger partial charge in [0.1, 0.15) is 0 Å². The molecule has 2 rings (SSSR count). The van der Waals surface area contributed by atoms with Crippen molar-refractivity contribution in [2.45, 2.75) is 44.6 Å². The Labute approximate surface area is 86.0 Å². The van der Waals surface area contributed by atoms with Crippen molar-refractivity contribution < 1.29 is 0 Å². The van der Waals surface area contributed by atoms with E-state index in [0.717, 1.165) is 5.92 Å².